The summed E-state index contributed by atoms with van der Waals surface area (Å²) in [6, 6.07) is 16.5. The van der Waals surface area contributed by atoms with E-state index in [2.05, 4.69) is 5.32 Å². The fourth-order valence-corrected chi connectivity index (χ4v) is 2.58. The maximum Gasteiger partial charge on any atom is 0.250 e. The van der Waals surface area contributed by atoms with E-state index in [-0.39, 0.29) is 5.91 Å². The van der Waals surface area contributed by atoms with E-state index in [1.54, 1.807) is 24.3 Å². The molecule has 4 heteroatoms. The summed E-state index contributed by atoms with van der Waals surface area (Å²) in [7, 11) is 0. The Bertz CT molecular complexity index is 691. The van der Waals surface area contributed by atoms with Gasteiger partial charge in [0.25, 0.3) is 5.91 Å². The van der Waals surface area contributed by atoms with Crippen LogP contribution in [0.3, 0.4) is 0 Å². The normalized spacial score (nSPS) is 15.2. The topological polar surface area (TPSA) is 72.2 Å². The molecule has 0 aromatic heterocycles. The molecule has 0 aliphatic heterocycles. The van der Waals surface area contributed by atoms with E-state index in [4.69, 9.17) is 5.73 Å². The zero-order valence-corrected chi connectivity index (χ0v) is 11.5. The Balaban J connectivity index is 1.87. The van der Waals surface area contributed by atoms with Crippen LogP contribution in [0.4, 0.5) is 5.69 Å². The van der Waals surface area contributed by atoms with Gasteiger partial charge in [-0.1, -0.05) is 42.5 Å². The Morgan fingerprint density at radius 1 is 0.952 bits per heavy atom. The van der Waals surface area contributed by atoms with Crippen LogP contribution >= 0.6 is 0 Å². The van der Waals surface area contributed by atoms with Crippen molar-refractivity contribution in [3.63, 3.8) is 0 Å². The van der Waals surface area contributed by atoms with Gasteiger partial charge in [0.15, 0.2) is 0 Å². The van der Waals surface area contributed by atoms with Crippen LogP contribution in [0.15, 0.2) is 54.6 Å². The van der Waals surface area contributed by atoms with Gasteiger partial charge in [-0.15, -0.1) is 0 Å². The minimum Gasteiger partial charge on any atom is -0.366 e. The first-order valence-corrected chi connectivity index (χ1v) is 6.89. The lowest BCUT2D eigenvalue weighted by molar-refractivity contribution is -0.118. The largest absolute Gasteiger partial charge is 0.366 e. The van der Waals surface area contributed by atoms with Gasteiger partial charge in [0, 0.05) is 0 Å². The minimum atomic E-state index is -0.546. The number of nitrogens with one attached hydrogen (secondary N) is 1. The first-order chi connectivity index (χ1) is 10.1. The van der Waals surface area contributed by atoms with Gasteiger partial charge < -0.3 is 11.1 Å². The van der Waals surface area contributed by atoms with Crippen LogP contribution in [-0.2, 0) is 10.2 Å². The molecule has 3 rings (SSSR count). The zero-order valence-electron chi connectivity index (χ0n) is 11.5. The van der Waals surface area contributed by atoms with Crippen molar-refractivity contribution >= 4 is 17.5 Å². The summed E-state index contributed by atoms with van der Waals surface area (Å²) in [6.07, 6.45) is 1.64. The van der Waals surface area contributed by atoms with Gasteiger partial charge in [-0.2, -0.15) is 0 Å². The molecule has 1 saturated carbocycles. The molecule has 1 fully saturated rings. The second-order valence-electron chi connectivity index (χ2n) is 5.31. The van der Waals surface area contributed by atoms with E-state index in [1.165, 1.54) is 0 Å². The fourth-order valence-electron chi connectivity index (χ4n) is 2.58. The van der Waals surface area contributed by atoms with Gasteiger partial charge in [0.2, 0.25) is 5.91 Å². The van der Waals surface area contributed by atoms with Gasteiger partial charge in [-0.3, -0.25) is 9.59 Å². The summed E-state index contributed by atoms with van der Waals surface area (Å²) in [5, 5.41) is 2.85. The summed E-state index contributed by atoms with van der Waals surface area (Å²) in [4.78, 5) is 24.0. The van der Waals surface area contributed by atoms with Crippen molar-refractivity contribution in [3.8, 4) is 0 Å². The van der Waals surface area contributed by atoms with Crippen LogP contribution in [0, 0.1) is 0 Å². The molecule has 0 saturated heterocycles. The predicted octanol–water partition coefficient (Wildman–Crippen LogP) is 2.46. The molecule has 2 amide bonds. The van der Waals surface area contributed by atoms with E-state index < -0.39 is 11.3 Å². The molecule has 1 aliphatic rings. The predicted molar refractivity (Wildman–Crippen MR) is 80.9 cm³/mol. The number of amides is 2. The first kappa shape index (κ1) is 13.4. The standard InChI is InChI=1S/C17H16N2O2/c18-15(20)13-8-4-5-9-14(13)19-16(21)17(10-11-17)12-6-2-1-3-7-12/h1-9H,10-11H2,(H2,18,20)(H,19,21). The van der Waals surface area contributed by atoms with Crippen molar-refractivity contribution in [1.82, 2.24) is 0 Å². The molecule has 0 bridgehead atoms. The maximum absolute atomic E-state index is 12.6. The third-order valence-corrected chi connectivity index (χ3v) is 3.95. The highest BCUT2D eigenvalue weighted by Crippen LogP contribution is 2.49. The van der Waals surface area contributed by atoms with Gasteiger partial charge in [-0.25, -0.2) is 0 Å². The average molecular weight is 280 g/mol. The number of nitrogens with two attached hydrogens (primary N) is 1. The molecular weight excluding hydrogens is 264 g/mol. The number of rotatable bonds is 4. The van der Waals surface area contributed by atoms with Crippen LogP contribution in [0.1, 0.15) is 28.8 Å². The lowest BCUT2D eigenvalue weighted by Crippen LogP contribution is -2.29. The fraction of sp³-hybridized carbons (Fsp3) is 0.176. The lowest BCUT2D eigenvalue weighted by atomic mass is 9.95. The van der Waals surface area contributed by atoms with Crippen LogP contribution in [-0.4, -0.2) is 11.8 Å². The number of hydrogen-bond donors (Lipinski definition) is 2. The SMILES string of the molecule is NC(=O)c1ccccc1NC(=O)C1(c2ccccc2)CC1. The molecule has 2 aromatic rings. The van der Waals surface area contributed by atoms with Gasteiger partial charge >= 0.3 is 0 Å². The number of carbonyl (C=O) groups excluding carboxylic acids is 2. The smallest absolute Gasteiger partial charge is 0.250 e. The Morgan fingerprint density at radius 3 is 2.19 bits per heavy atom. The molecule has 1 aliphatic carbocycles. The molecule has 106 valence electrons. The average Bonchev–Trinajstić information content (AvgIpc) is 3.30. The molecule has 2 aromatic carbocycles. The highest BCUT2D eigenvalue weighted by molar-refractivity contribution is 6.06. The summed E-state index contributed by atoms with van der Waals surface area (Å²) in [6.45, 7) is 0. The molecule has 0 radical (unpaired) electrons. The Labute approximate surface area is 123 Å². The highest BCUT2D eigenvalue weighted by atomic mass is 16.2. The van der Waals surface area contributed by atoms with Crippen molar-refractivity contribution in [2.45, 2.75) is 18.3 Å². The number of para-hydroxylation sites is 1. The number of carbonyl (C=O) groups is 2. The van der Waals surface area contributed by atoms with Crippen LogP contribution in [0.5, 0.6) is 0 Å². The van der Waals surface area contributed by atoms with Crippen molar-refractivity contribution in [3.05, 3.63) is 65.7 Å². The van der Waals surface area contributed by atoms with Gasteiger partial charge in [0.05, 0.1) is 16.7 Å². The van der Waals surface area contributed by atoms with Crippen molar-refractivity contribution < 1.29 is 9.59 Å². The van der Waals surface area contributed by atoms with E-state index in [9.17, 15) is 9.59 Å². The first-order valence-electron chi connectivity index (χ1n) is 6.89. The van der Waals surface area contributed by atoms with Crippen molar-refractivity contribution in [1.29, 1.82) is 0 Å². The number of hydrogen-bond acceptors (Lipinski definition) is 2. The van der Waals surface area contributed by atoms with E-state index in [0.717, 1.165) is 18.4 Å². The molecular formula is C17H16N2O2. The minimum absolute atomic E-state index is 0.0811. The van der Waals surface area contributed by atoms with E-state index >= 15 is 0 Å². The van der Waals surface area contributed by atoms with Crippen LogP contribution < -0.4 is 11.1 Å². The molecule has 0 heterocycles. The molecule has 0 atom stereocenters. The van der Waals surface area contributed by atoms with E-state index in [1.807, 2.05) is 30.3 Å². The summed E-state index contributed by atoms with van der Waals surface area (Å²) < 4.78 is 0. The van der Waals surface area contributed by atoms with Crippen LogP contribution in [0.2, 0.25) is 0 Å². The molecule has 4 nitrogen and oxygen atoms in total. The monoisotopic (exact) mass is 280 g/mol. The number of benzene rings is 2. The lowest BCUT2D eigenvalue weighted by Gasteiger charge is -2.17. The van der Waals surface area contributed by atoms with Crippen molar-refractivity contribution in [2.75, 3.05) is 5.32 Å². The van der Waals surface area contributed by atoms with Crippen LogP contribution in [0.25, 0.3) is 0 Å². The molecule has 0 unspecified atom stereocenters. The third-order valence-electron chi connectivity index (χ3n) is 3.95. The number of anilines is 1. The Hall–Kier alpha value is -2.62. The second-order valence-corrected chi connectivity index (χ2v) is 5.31. The molecule has 0 spiro atoms. The summed E-state index contributed by atoms with van der Waals surface area (Å²) in [5.74, 6) is -0.627. The Morgan fingerprint density at radius 2 is 1.57 bits per heavy atom. The van der Waals surface area contributed by atoms with Crippen molar-refractivity contribution in [2.24, 2.45) is 5.73 Å². The molecule has 21 heavy (non-hydrogen) atoms. The van der Waals surface area contributed by atoms with Gasteiger partial charge in [-0.05, 0) is 30.5 Å². The molecule has 3 N–H and O–H groups in total. The highest BCUT2D eigenvalue weighted by Gasteiger charge is 2.51. The second kappa shape index (κ2) is 5.05. The quantitative estimate of drug-likeness (QED) is 0.903. The summed E-state index contributed by atoms with van der Waals surface area (Å²) in [5.41, 5.74) is 6.68. The number of primary amides is 1. The van der Waals surface area contributed by atoms with Gasteiger partial charge in [0.1, 0.15) is 0 Å². The van der Waals surface area contributed by atoms with E-state index in [0.29, 0.717) is 11.3 Å². The summed E-state index contributed by atoms with van der Waals surface area (Å²) >= 11 is 0. The zero-order chi connectivity index (χ0) is 14.9. The third kappa shape index (κ3) is 2.40. The maximum atomic E-state index is 12.6. The Kier molecular flexibility index (Phi) is 3.22.